The number of para-hydroxylation sites is 1. The van der Waals surface area contributed by atoms with Crippen LogP contribution in [0.4, 0.5) is 5.69 Å². The van der Waals surface area contributed by atoms with Gasteiger partial charge in [-0.1, -0.05) is 30.3 Å². The first kappa shape index (κ1) is 21.6. The van der Waals surface area contributed by atoms with Crippen LogP contribution in [-0.4, -0.2) is 55.3 Å². The first-order chi connectivity index (χ1) is 14.4. The predicted molar refractivity (Wildman–Crippen MR) is 116 cm³/mol. The number of ketones is 1. The Bertz CT molecular complexity index is 903. The fourth-order valence-electron chi connectivity index (χ4n) is 3.43. The van der Waals surface area contributed by atoms with Gasteiger partial charge in [0, 0.05) is 43.9 Å². The van der Waals surface area contributed by atoms with Crippen LogP contribution in [0.15, 0.2) is 48.5 Å². The summed E-state index contributed by atoms with van der Waals surface area (Å²) in [6.45, 7) is 6.34. The fourth-order valence-corrected chi connectivity index (χ4v) is 3.43. The van der Waals surface area contributed by atoms with E-state index in [1.54, 1.807) is 11.0 Å². The Morgan fingerprint density at radius 2 is 1.57 bits per heavy atom. The third-order valence-electron chi connectivity index (χ3n) is 5.50. The minimum atomic E-state index is -0.525. The van der Waals surface area contributed by atoms with Crippen LogP contribution >= 0.6 is 0 Å². The van der Waals surface area contributed by atoms with E-state index in [-0.39, 0.29) is 31.1 Å². The molecule has 1 saturated heterocycles. The lowest BCUT2D eigenvalue weighted by molar-refractivity contribution is -0.152. The van der Waals surface area contributed by atoms with Crippen molar-refractivity contribution in [2.75, 3.05) is 37.7 Å². The molecule has 0 radical (unpaired) electrons. The van der Waals surface area contributed by atoms with Gasteiger partial charge in [-0.05, 0) is 43.2 Å². The summed E-state index contributed by atoms with van der Waals surface area (Å²) in [5, 5.41) is 0. The van der Waals surface area contributed by atoms with Crippen molar-refractivity contribution in [2.45, 2.75) is 26.7 Å². The molecule has 2 aromatic rings. The van der Waals surface area contributed by atoms with Crippen LogP contribution < -0.4 is 4.90 Å². The second-order valence-electron chi connectivity index (χ2n) is 7.59. The van der Waals surface area contributed by atoms with Crippen molar-refractivity contribution >= 4 is 23.3 Å². The van der Waals surface area contributed by atoms with E-state index in [2.05, 4.69) is 17.0 Å². The molecule has 30 heavy (non-hydrogen) atoms. The van der Waals surface area contributed by atoms with Gasteiger partial charge >= 0.3 is 5.97 Å². The van der Waals surface area contributed by atoms with Crippen LogP contribution in [0.25, 0.3) is 0 Å². The molecule has 1 fully saturated rings. The lowest BCUT2D eigenvalue weighted by atomic mass is 10.0. The maximum absolute atomic E-state index is 12.3. The lowest BCUT2D eigenvalue weighted by Crippen LogP contribution is -2.49. The van der Waals surface area contributed by atoms with Crippen molar-refractivity contribution in [1.29, 1.82) is 0 Å². The van der Waals surface area contributed by atoms with E-state index in [1.807, 2.05) is 44.2 Å². The molecule has 0 aromatic heterocycles. The lowest BCUT2D eigenvalue weighted by Gasteiger charge is -2.36. The van der Waals surface area contributed by atoms with Crippen molar-refractivity contribution < 1.29 is 19.1 Å². The Morgan fingerprint density at radius 3 is 2.23 bits per heavy atom. The van der Waals surface area contributed by atoms with Gasteiger partial charge < -0.3 is 14.5 Å². The summed E-state index contributed by atoms with van der Waals surface area (Å²) in [4.78, 5) is 40.5. The zero-order valence-corrected chi connectivity index (χ0v) is 17.6. The maximum atomic E-state index is 12.3. The van der Waals surface area contributed by atoms with Crippen LogP contribution in [0.5, 0.6) is 0 Å². The smallest absolute Gasteiger partial charge is 0.306 e. The van der Waals surface area contributed by atoms with Gasteiger partial charge in [-0.15, -0.1) is 0 Å². The number of ether oxygens (including phenoxy) is 1. The Kier molecular flexibility index (Phi) is 7.22. The van der Waals surface area contributed by atoms with Crippen molar-refractivity contribution in [2.24, 2.45) is 0 Å². The summed E-state index contributed by atoms with van der Waals surface area (Å²) in [7, 11) is 0. The molecule has 158 valence electrons. The largest absolute Gasteiger partial charge is 0.456 e. The monoisotopic (exact) mass is 408 g/mol. The standard InChI is InChI=1S/C24H28N2O4/c1-18-8-9-20(16-19(18)2)22(27)10-11-24(29)30-17-23(28)26-14-12-25(13-15-26)21-6-4-3-5-7-21/h3-9,16H,10-15,17H2,1-2H3. The molecule has 6 nitrogen and oxygen atoms in total. The summed E-state index contributed by atoms with van der Waals surface area (Å²) >= 11 is 0. The summed E-state index contributed by atoms with van der Waals surface area (Å²) in [5.74, 6) is -0.821. The van der Waals surface area contributed by atoms with Crippen LogP contribution in [-0.2, 0) is 14.3 Å². The SMILES string of the molecule is Cc1ccc(C(=O)CCC(=O)OCC(=O)N2CCN(c3ccccc3)CC2)cc1C. The number of hydrogen-bond acceptors (Lipinski definition) is 5. The molecule has 1 aliphatic heterocycles. The third kappa shape index (κ3) is 5.69. The van der Waals surface area contributed by atoms with Gasteiger partial charge in [0.2, 0.25) is 0 Å². The highest BCUT2D eigenvalue weighted by atomic mass is 16.5. The van der Waals surface area contributed by atoms with Crippen molar-refractivity contribution in [3.05, 3.63) is 65.2 Å². The average Bonchev–Trinajstić information content (AvgIpc) is 2.78. The molecule has 2 aromatic carbocycles. The van der Waals surface area contributed by atoms with E-state index in [9.17, 15) is 14.4 Å². The number of hydrogen-bond donors (Lipinski definition) is 0. The van der Waals surface area contributed by atoms with Gasteiger partial charge in [0.05, 0.1) is 6.42 Å². The summed E-state index contributed by atoms with van der Waals surface area (Å²) < 4.78 is 5.10. The Balaban J connectivity index is 1.38. The van der Waals surface area contributed by atoms with E-state index < -0.39 is 5.97 Å². The molecule has 1 aliphatic rings. The van der Waals surface area contributed by atoms with E-state index in [0.717, 1.165) is 29.9 Å². The van der Waals surface area contributed by atoms with Crippen LogP contribution in [0.1, 0.15) is 34.3 Å². The first-order valence-corrected chi connectivity index (χ1v) is 10.3. The number of benzene rings is 2. The third-order valence-corrected chi connectivity index (χ3v) is 5.50. The van der Waals surface area contributed by atoms with E-state index in [0.29, 0.717) is 18.7 Å². The molecular weight excluding hydrogens is 380 g/mol. The fraction of sp³-hybridized carbons (Fsp3) is 0.375. The predicted octanol–water partition coefficient (Wildman–Crippen LogP) is 3.16. The summed E-state index contributed by atoms with van der Waals surface area (Å²) in [5.41, 5.74) is 3.90. The Morgan fingerprint density at radius 1 is 0.867 bits per heavy atom. The molecule has 0 saturated carbocycles. The second kappa shape index (κ2) is 10.1. The number of carbonyl (C=O) groups is 3. The number of rotatable bonds is 7. The van der Waals surface area contributed by atoms with E-state index in [4.69, 9.17) is 4.74 Å². The molecule has 0 aliphatic carbocycles. The number of aryl methyl sites for hydroxylation is 2. The number of esters is 1. The second-order valence-corrected chi connectivity index (χ2v) is 7.59. The van der Waals surface area contributed by atoms with Crippen LogP contribution in [0.2, 0.25) is 0 Å². The average molecular weight is 408 g/mol. The van der Waals surface area contributed by atoms with Gasteiger partial charge in [-0.2, -0.15) is 0 Å². The van der Waals surface area contributed by atoms with Gasteiger partial charge in [-0.3, -0.25) is 14.4 Å². The number of Topliss-reactive ketones (excluding diaryl/α,β-unsaturated/α-hetero) is 1. The minimum Gasteiger partial charge on any atom is -0.456 e. The normalized spacial score (nSPS) is 13.8. The summed E-state index contributed by atoms with van der Waals surface area (Å²) in [6.07, 6.45) is 0.0477. The van der Waals surface area contributed by atoms with Crippen molar-refractivity contribution in [1.82, 2.24) is 4.90 Å². The van der Waals surface area contributed by atoms with Crippen LogP contribution in [0, 0.1) is 13.8 Å². The van der Waals surface area contributed by atoms with Crippen molar-refractivity contribution in [3.63, 3.8) is 0 Å². The zero-order chi connectivity index (χ0) is 21.5. The number of carbonyl (C=O) groups excluding carboxylic acids is 3. The number of nitrogens with zero attached hydrogens (tertiary/aromatic N) is 2. The molecule has 0 unspecified atom stereocenters. The number of piperazine rings is 1. The number of amides is 1. The zero-order valence-electron chi connectivity index (χ0n) is 17.6. The highest BCUT2D eigenvalue weighted by Crippen LogP contribution is 2.16. The molecule has 0 N–H and O–H groups in total. The first-order valence-electron chi connectivity index (χ1n) is 10.3. The molecular formula is C24H28N2O4. The Hall–Kier alpha value is -3.15. The molecule has 0 bridgehead atoms. The van der Waals surface area contributed by atoms with E-state index in [1.165, 1.54) is 0 Å². The Labute approximate surface area is 177 Å². The maximum Gasteiger partial charge on any atom is 0.306 e. The van der Waals surface area contributed by atoms with E-state index >= 15 is 0 Å². The minimum absolute atomic E-state index is 0.0270. The van der Waals surface area contributed by atoms with Crippen molar-refractivity contribution in [3.8, 4) is 0 Å². The quantitative estimate of drug-likeness (QED) is 0.520. The van der Waals surface area contributed by atoms with Gasteiger partial charge in [0.15, 0.2) is 12.4 Å². The van der Waals surface area contributed by atoms with Gasteiger partial charge in [-0.25, -0.2) is 0 Å². The van der Waals surface area contributed by atoms with Gasteiger partial charge in [0.1, 0.15) is 0 Å². The molecule has 0 spiro atoms. The topological polar surface area (TPSA) is 66.9 Å². The summed E-state index contributed by atoms with van der Waals surface area (Å²) in [6, 6.07) is 15.6. The molecule has 0 atom stereocenters. The van der Waals surface area contributed by atoms with Crippen LogP contribution in [0.3, 0.4) is 0 Å². The molecule has 6 heteroatoms. The molecule has 1 amide bonds. The molecule has 1 heterocycles. The number of anilines is 1. The highest BCUT2D eigenvalue weighted by Gasteiger charge is 2.22. The highest BCUT2D eigenvalue weighted by molar-refractivity contribution is 5.97. The van der Waals surface area contributed by atoms with Gasteiger partial charge in [0.25, 0.3) is 5.91 Å². The molecule has 3 rings (SSSR count).